The van der Waals surface area contributed by atoms with E-state index in [1.807, 2.05) is 0 Å². The summed E-state index contributed by atoms with van der Waals surface area (Å²) in [5, 5.41) is 3.33. The van der Waals surface area contributed by atoms with Gasteiger partial charge in [-0.05, 0) is 29.2 Å². The molecule has 0 saturated carbocycles. The Morgan fingerprint density at radius 3 is 2.75 bits per heavy atom. The molecule has 0 unspecified atom stereocenters. The highest BCUT2D eigenvalue weighted by Crippen LogP contribution is 2.29. The van der Waals surface area contributed by atoms with Crippen LogP contribution in [0, 0.1) is 0 Å². The molecule has 0 saturated heterocycles. The molecule has 4 nitrogen and oxygen atoms in total. The maximum absolute atomic E-state index is 5.00. The maximum atomic E-state index is 5.00. The third-order valence-corrected chi connectivity index (χ3v) is 4.50. The molecule has 6 heteroatoms. The van der Waals surface area contributed by atoms with Gasteiger partial charge in [-0.1, -0.05) is 30.8 Å². The van der Waals surface area contributed by atoms with Crippen LogP contribution in [-0.4, -0.2) is 29.6 Å². The monoisotopic (exact) mass is 309 g/mol. The maximum Gasteiger partial charge on any atom is 0.174 e. The number of hydrogen-bond acceptors (Lipinski definition) is 6. The molecule has 1 aromatic heterocycles. The average molecular weight is 309 g/mol. The minimum Gasteiger partial charge on any atom is -0.383 e. The van der Waals surface area contributed by atoms with Gasteiger partial charge in [0.25, 0.3) is 0 Å². The van der Waals surface area contributed by atoms with Crippen molar-refractivity contribution in [2.75, 3.05) is 20.3 Å². The van der Waals surface area contributed by atoms with Gasteiger partial charge in [0.2, 0.25) is 0 Å². The van der Waals surface area contributed by atoms with E-state index < -0.39 is 0 Å². The van der Waals surface area contributed by atoms with Crippen molar-refractivity contribution in [1.29, 1.82) is 0 Å². The second-order valence-electron chi connectivity index (χ2n) is 4.25. The van der Waals surface area contributed by atoms with Gasteiger partial charge in [-0.15, -0.1) is 0 Å². The lowest BCUT2D eigenvalue weighted by Gasteiger charge is -2.05. The summed E-state index contributed by atoms with van der Waals surface area (Å²) in [6.45, 7) is 4.55. The smallest absolute Gasteiger partial charge is 0.174 e. The highest BCUT2D eigenvalue weighted by Gasteiger charge is 2.04. The number of rotatable bonds is 8. The summed E-state index contributed by atoms with van der Waals surface area (Å²) in [6, 6.07) is 8.55. The number of nitrogens with zero attached hydrogens (tertiary/aromatic N) is 2. The fourth-order valence-corrected chi connectivity index (χ4v) is 3.28. The van der Waals surface area contributed by atoms with E-state index in [1.165, 1.54) is 22.0 Å². The van der Waals surface area contributed by atoms with Crippen LogP contribution in [0.1, 0.15) is 18.3 Å². The molecule has 2 rings (SSSR count). The van der Waals surface area contributed by atoms with Crippen molar-refractivity contribution in [3.8, 4) is 0 Å². The summed E-state index contributed by atoms with van der Waals surface area (Å²) in [7, 11) is 1.71. The predicted octanol–water partition coefficient (Wildman–Crippen LogP) is 2.99. The van der Waals surface area contributed by atoms with Crippen LogP contribution < -0.4 is 5.32 Å². The standard InChI is InChI=1S/C14H19N3OS2/c1-3-13-16-14(20-17-13)19-12-6-4-11(5-7-12)10-15-8-9-18-2/h4-7,15H,3,8-10H2,1-2H3. The first-order valence-corrected chi connectivity index (χ1v) is 8.20. The van der Waals surface area contributed by atoms with Crippen molar-refractivity contribution in [3.63, 3.8) is 0 Å². The summed E-state index contributed by atoms with van der Waals surface area (Å²) >= 11 is 3.14. The molecule has 0 aliphatic heterocycles. The molecule has 0 fully saturated rings. The second kappa shape index (κ2) is 8.36. The van der Waals surface area contributed by atoms with E-state index >= 15 is 0 Å². The van der Waals surface area contributed by atoms with E-state index in [0.717, 1.165) is 36.3 Å². The normalized spacial score (nSPS) is 10.9. The Bertz CT molecular complexity index is 513. The van der Waals surface area contributed by atoms with Gasteiger partial charge in [0.1, 0.15) is 5.82 Å². The van der Waals surface area contributed by atoms with Crippen molar-refractivity contribution in [2.24, 2.45) is 0 Å². The molecule has 108 valence electrons. The van der Waals surface area contributed by atoms with E-state index in [4.69, 9.17) is 4.74 Å². The third-order valence-electron chi connectivity index (χ3n) is 2.71. The SMILES string of the molecule is CCc1nsc(Sc2ccc(CNCCOC)cc2)n1. The van der Waals surface area contributed by atoms with Gasteiger partial charge in [-0.3, -0.25) is 0 Å². The van der Waals surface area contributed by atoms with Crippen LogP contribution in [-0.2, 0) is 17.7 Å². The van der Waals surface area contributed by atoms with Gasteiger partial charge in [0.05, 0.1) is 6.61 Å². The minimum atomic E-state index is 0.741. The van der Waals surface area contributed by atoms with Crippen LogP contribution in [0.25, 0.3) is 0 Å². The van der Waals surface area contributed by atoms with Crippen molar-refractivity contribution >= 4 is 23.3 Å². The Labute approximate surface area is 128 Å². The molecule has 0 amide bonds. The van der Waals surface area contributed by atoms with Crippen molar-refractivity contribution in [3.05, 3.63) is 35.7 Å². The summed E-state index contributed by atoms with van der Waals surface area (Å²) in [5.41, 5.74) is 1.27. The Morgan fingerprint density at radius 1 is 1.30 bits per heavy atom. The van der Waals surface area contributed by atoms with Gasteiger partial charge in [0.15, 0.2) is 4.34 Å². The highest BCUT2D eigenvalue weighted by molar-refractivity contribution is 8.01. The fourth-order valence-electron chi connectivity index (χ4n) is 1.61. The first kappa shape index (κ1) is 15.4. The first-order valence-electron chi connectivity index (χ1n) is 6.61. The summed E-state index contributed by atoms with van der Waals surface area (Å²) in [4.78, 5) is 5.66. The Hall–Kier alpha value is -0.950. The molecular weight excluding hydrogens is 290 g/mol. The lowest BCUT2D eigenvalue weighted by molar-refractivity contribution is 0.199. The summed E-state index contributed by atoms with van der Waals surface area (Å²) in [5.74, 6) is 0.927. The zero-order valence-corrected chi connectivity index (χ0v) is 13.4. The highest BCUT2D eigenvalue weighted by atomic mass is 32.2. The quantitative estimate of drug-likeness (QED) is 0.760. The van der Waals surface area contributed by atoms with E-state index in [-0.39, 0.29) is 0 Å². The molecule has 0 spiro atoms. The van der Waals surface area contributed by atoms with Gasteiger partial charge < -0.3 is 10.1 Å². The molecule has 0 bridgehead atoms. The van der Waals surface area contributed by atoms with Crippen LogP contribution in [0.5, 0.6) is 0 Å². The van der Waals surface area contributed by atoms with Gasteiger partial charge in [-0.25, -0.2) is 4.98 Å². The van der Waals surface area contributed by atoms with E-state index in [9.17, 15) is 0 Å². The Kier molecular flexibility index (Phi) is 6.46. The zero-order valence-electron chi connectivity index (χ0n) is 11.8. The van der Waals surface area contributed by atoms with Crippen LogP contribution >= 0.6 is 23.3 Å². The summed E-state index contributed by atoms with van der Waals surface area (Å²) < 4.78 is 10.3. The fraction of sp³-hybridized carbons (Fsp3) is 0.429. The lowest BCUT2D eigenvalue weighted by Crippen LogP contribution is -2.18. The average Bonchev–Trinajstić information content (AvgIpc) is 2.93. The summed E-state index contributed by atoms with van der Waals surface area (Å²) in [6.07, 6.45) is 0.892. The number of hydrogen-bond donors (Lipinski definition) is 1. The molecular formula is C14H19N3OS2. The number of methoxy groups -OCH3 is 1. The molecule has 0 aliphatic rings. The lowest BCUT2D eigenvalue weighted by atomic mass is 10.2. The minimum absolute atomic E-state index is 0.741. The number of benzene rings is 1. The van der Waals surface area contributed by atoms with Crippen LogP contribution in [0.2, 0.25) is 0 Å². The molecule has 0 aliphatic carbocycles. The Balaban J connectivity index is 1.84. The topological polar surface area (TPSA) is 47.0 Å². The van der Waals surface area contributed by atoms with Crippen molar-refractivity contribution in [1.82, 2.24) is 14.7 Å². The molecule has 1 N–H and O–H groups in total. The van der Waals surface area contributed by atoms with Gasteiger partial charge >= 0.3 is 0 Å². The van der Waals surface area contributed by atoms with Crippen LogP contribution in [0.15, 0.2) is 33.5 Å². The molecule has 1 heterocycles. The third kappa shape index (κ3) is 4.86. The molecule has 0 radical (unpaired) electrons. The number of aromatic nitrogens is 2. The van der Waals surface area contributed by atoms with Crippen LogP contribution in [0.4, 0.5) is 0 Å². The predicted molar refractivity (Wildman–Crippen MR) is 83.4 cm³/mol. The zero-order chi connectivity index (χ0) is 14.2. The van der Waals surface area contributed by atoms with Gasteiger partial charge in [0, 0.05) is 31.5 Å². The van der Waals surface area contributed by atoms with Crippen molar-refractivity contribution in [2.45, 2.75) is 29.1 Å². The largest absolute Gasteiger partial charge is 0.383 e. The number of aryl methyl sites for hydroxylation is 1. The van der Waals surface area contributed by atoms with E-state index in [0.29, 0.717) is 0 Å². The van der Waals surface area contributed by atoms with E-state index in [2.05, 4.69) is 45.9 Å². The molecule has 0 atom stereocenters. The molecule has 2 aromatic rings. The van der Waals surface area contributed by atoms with Gasteiger partial charge in [-0.2, -0.15) is 4.37 Å². The number of ether oxygens (including phenoxy) is 1. The molecule has 1 aromatic carbocycles. The Morgan fingerprint density at radius 2 is 2.10 bits per heavy atom. The van der Waals surface area contributed by atoms with Crippen LogP contribution in [0.3, 0.4) is 0 Å². The van der Waals surface area contributed by atoms with Crippen molar-refractivity contribution < 1.29 is 4.74 Å². The molecule has 20 heavy (non-hydrogen) atoms. The second-order valence-corrected chi connectivity index (χ2v) is 6.32. The first-order chi connectivity index (χ1) is 9.81. The van der Waals surface area contributed by atoms with E-state index in [1.54, 1.807) is 18.9 Å². The number of nitrogens with one attached hydrogen (secondary N) is 1.